The van der Waals surface area contributed by atoms with Crippen molar-refractivity contribution in [2.45, 2.75) is 18.5 Å². The van der Waals surface area contributed by atoms with E-state index in [2.05, 4.69) is 185 Å². The highest BCUT2D eigenvalue weighted by atomic mass is 16.3. The molecular formula is C51H35N4O2-. The van der Waals surface area contributed by atoms with Crippen molar-refractivity contribution < 1.29 is 8.83 Å². The minimum atomic E-state index is -0.232. The fourth-order valence-corrected chi connectivity index (χ4v) is 8.87. The van der Waals surface area contributed by atoms with Crippen molar-refractivity contribution in [3.8, 4) is 16.8 Å². The molecule has 1 aliphatic heterocycles. The Kier molecular flexibility index (Phi) is 7.25. The van der Waals surface area contributed by atoms with Gasteiger partial charge in [-0.05, 0) is 76.9 Å². The Bertz CT molecular complexity index is 3210. The summed E-state index contributed by atoms with van der Waals surface area (Å²) in [7, 11) is 0. The average molecular weight is 736 g/mol. The SMILES string of the molecule is c1ccc(C2[N-]C(c3ccc4c(c3)oc3ccc(-c5ccc6oc7cc(-n8c9ccccc9c9ccccc98)ccc7c6c5)cc34)NC(c3ccccc3)N2)cc1. The first-order valence-electron chi connectivity index (χ1n) is 19.5. The Morgan fingerprint density at radius 3 is 1.54 bits per heavy atom. The molecule has 4 heterocycles. The van der Waals surface area contributed by atoms with Crippen LogP contribution in [0, 0.1) is 0 Å². The topological polar surface area (TPSA) is 69.4 Å². The van der Waals surface area contributed by atoms with Crippen LogP contribution in [0.1, 0.15) is 35.2 Å². The zero-order valence-corrected chi connectivity index (χ0v) is 30.8. The van der Waals surface area contributed by atoms with Crippen LogP contribution in [0.2, 0.25) is 0 Å². The molecule has 1 aliphatic rings. The smallest absolute Gasteiger partial charge is 0.137 e. The first-order valence-corrected chi connectivity index (χ1v) is 19.5. The van der Waals surface area contributed by atoms with Gasteiger partial charge in [0.15, 0.2) is 0 Å². The van der Waals surface area contributed by atoms with Crippen LogP contribution in [0.4, 0.5) is 0 Å². The summed E-state index contributed by atoms with van der Waals surface area (Å²) in [5.41, 5.74) is 12.5. The summed E-state index contributed by atoms with van der Waals surface area (Å²) in [5, 5.41) is 19.5. The highest BCUT2D eigenvalue weighted by Crippen LogP contribution is 2.41. The van der Waals surface area contributed by atoms with Crippen LogP contribution in [0.15, 0.2) is 191 Å². The number of para-hydroxylation sites is 2. The lowest BCUT2D eigenvalue weighted by Gasteiger charge is -2.50. The first-order chi connectivity index (χ1) is 28.2. The molecule has 0 amide bonds. The largest absolute Gasteiger partial charge is 0.624 e. The molecule has 0 aliphatic carbocycles. The van der Waals surface area contributed by atoms with Gasteiger partial charge in [-0.15, -0.1) is 0 Å². The van der Waals surface area contributed by atoms with Crippen molar-refractivity contribution in [1.29, 1.82) is 0 Å². The van der Waals surface area contributed by atoms with Gasteiger partial charge in [-0.25, -0.2) is 0 Å². The summed E-state index contributed by atoms with van der Waals surface area (Å²) >= 11 is 0. The second kappa shape index (κ2) is 12.8. The number of hydrogen-bond acceptors (Lipinski definition) is 4. The summed E-state index contributed by atoms with van der Waals surface area (Å²) in [6, 6.07) is 64.1. The van der Waals surface area contributed by atoms with Crippen molar-refractivity contribution in [3.63, 3.8) is 0 Å². The quantitative estimate of drug-likeness (QED) is 0.185. The molecule has 0 spiro atoms. The molecule has 6 heteroatoms. The Hall–Kier alpha value is -6.96. The van der Waals surface area contributed by atoms with Crippen LogP contribution < -0.4 is 10.6 Å². The predicted octanol–water partition coefficient (Wildman–Crippen LogP) is 13.2. The maximum absolute atomic E-state index is 6.51. The Morgan fingerprint density at radius 1 is 0.386 bits per heavy atom. The van der Waals surface area contributed by atoms with Crippen LogP contribution >= 0.6 is 0 Å². The predicted molar refractivity (Wildman–Crippen MR) is 232 cm³/mol. The molecule has 3 aromatic heterocycles. The van der Waals surface area contributed by atoms with Crippen LogP contribution in [-0.4, -0.2) is 4.57 Å². The van der Waals surface area contributed by atoms with Crippen molar-refractivity contribution >= 4 is 65.7 Å². The molecule has 3 atom stereocenters. The van der Waals surface area contributed by atoms with E-state index in [9.17, 15) is 0 Å². The molecule has 1 saturated heterocycles. The molecular weight excluding hydrogens is 701 g/mol. The van der Waals surface area contributed by atoms with Crippen LogP contribution in [0.25, 0.3) is 87.8 Å². The summed E-state index contributed by atoms with van der Waals surface area (Å²) < 4.78 is 15.3. The zero-order valence-electron chi connectivity index (χ0n) is 30.8. The molecule has 0 saturated carbocycles. The maximum Gasteiger partial charge on any atom is 0.137 e. The number of fused-ring (bicyclic) bond motifs is 9. The highest BCUT2D eigenvalue weighted by Gasteiger charge is 2.23. The fraction of sp³-hybridized carbons (Fsp3) is 0.0588. The normalized spacial score (nSPS) is 17.4. The standard InChI is InChI=1S/C51H35N4O2/c1-3-11-31(12-4-1)49-52-50(32-13-5-2-6-14-32)54-51(53-49)35-19-23-39-41-27-33(20-25-45(41)56-47(39)29-35)34-21-26-46-42(28-34)40-24-22-36(30-48(40)57-46)55-43-17-9-7-15-37(43)38-16-8-10-18-44(38)55/h1-30,49-53H/q-1. The van der Waals surface area contributed by atoms with Crippen molar-refractivity contribution in [2.75, 3.05) is 0 Å². The number of rotatable bonds is 5. The van der Waals surface area contributed by atoms with Gasteiger partial charge in [-0.3, -0.25) is 0 Å². The molecule has 12 rings (SSSR count). The molecule has 0 radical (unpaired) electrons. The Balaban J connectivity index is 0.889. The first kappa shape index (κ1) is 32.3. The van der Waals surface area contributed by atoms with E-state index in [-0.39, 0.29) is 18.5 Å². The van der Waals surface area contributed by atoms with Crippen LogP contribution in [0.3, 0.4) is 0 Å². The van der Waals surface area contributed by atoms with E-state index in [1.165, 1.54) is 27.4 Å². The summed E-state index contributed by atoms with van der Waals surface area (Å²) in [6.45, 7) is 0. The second-order valence-corrected chi connectivity index (χ2v) is 15.0. The number of hydrogen-bond donors (Lipinski definition) is 2. The monoisotopic (exact) mass is 735 g/mol. The molecule has 1 fully saturated rings. The Morgan fingerprint density at radius 2 is 0.912 bits per heavy atom. The van der Waals surface area contributed by atoms with Gasteiger partial charge in [-0.2, -0.15) is 0 Å². The van der Waals surface area contributed by atoms with E-state index in [0.717, 1.165) is 71.8 Å². The number of nitrogens with one attached hydrogen (secondary N) is 2. The lowest BCUT2D eigenvalue weighted by atomic mass is 10.00. The van der Waals surface area contributed by atoms with E-state index >= 15 is 0 Å². The summed E-state index contributed by atoms with van der Waals surface area (Å²) in [4.78, 5) is 0. The van der Waals surface area contributed by atoms with E-state index in [0.29, 0.717) is 0 Å². The zero-order chi connectivity index (χ0) is 37.5. The van der Waals surface area contributed by atoms with Crippen molar-refractivity contribution in [3.05, 3.63) is 204 Å². The van der Waals surface area contributed by atoms with Gasteiger partial charge in [0.05, 0.1) is 17.2 Å². The molecule has 8 aromatic carbocycles. The van der Waals surface area contributed by atoms with Gasteiger partial charge < -0.3 is 29.4 Å². The van der Waals surface area contributed by atoms with Gasteiger partial charge in [-0.1, -0.05) is 139 Å². The minimum absolute atomic E-state index is 0.0698. The van der Waals surface area contributed by atoms with Gasteiger partial charge in [0.2, 0.25) is 0 Å². The molecule has 0 bridgehead atoms. The molecule has 272 valence electrons. The molecule has 11 aromatic rings. The third-order valence-electron chi connectivity index (χ3n) is 11.6. The lowest BCUT2D eigenvalue weighted by molar-refractivity contribution is 0.316. The van der Waals surface area contributed by atoms with Gasteiger partial charge >= 0.3 is 0 Å². The number of aromatic nitrogens is 1. The lowest BCUT2D eigenvalue weighted by Crippen LogP contribution is -2.44. The van der Waals surface area contributed by atoms with Crippen molar-refractivity contribution in [2.24, 2.45) is 0 Å². The average Bonchev–Trinajstić information content (AvgIpc) is 3.95. The van der Waals surface area contributed by atoms with Crippen LogP contribution in [0.5, 0.6) is 0 Å². The molecule has 2 N–H and O–H groups in total. The summed E-state index contributed by atoms with van der Waals surface area (Å²) in [6.07, 6.45) is -0.465. The van der Waals surface area contributed by atoms with Gasteiger partial charge in [0, 0.05) is 44.1 Å². The van der Waals surface area contributed by atoms with E-state index in [1.807, 2.05) is 12.1 Å². The van der Waals surface area contributed by atoms with E-state index in [1.54, 1.807) is 0 Å². The van der Waals surface area contributed by atoms with Crippen LogP contribution in [-0.2, 0) is 0 Å². The number of nitrogens with zero attached hydrogens (tertiary/aromatic N) is 2. The molecule has 57 heavy (non-hydrogen) atoms. The van der Waals surface area contributed by atoms with E-state index < -0.39 is 0 Å². The third-order valence-corrected chi connectivity index (χ3v) is 11.6. The van der Waals surface area contributed by atoms with Gasteiger partial charge in [0.25, 0.3) is 0 Å². The fourth-order valence-electron chi connectivity index (χ4n) is 8.87. The number of benzene rings is 8. The maximum atomic E-state index is 6.51. The number of furan rings is 2. The molecule has 3 unspecified atom stereocenters. The highest BCUT2D eigenvalue weighted by molar-refractivity contribution is 6.11. The summed E-state index contributed by atoms with van der Waals surface area (Å²) in [5.74, 6) is 0. The van der Waals surface area contributed by atoms with E-state index in [4.69, 9.17) is 14.2 Å². The second-order valence-electron chi connectivity index (χ2n) is 15.0. The third kappa shape index (κ3) is 5.30. The minimum Gasteiger partial charge on any atom is -0.624 e. The Labute approximate surface area is 327 Å². The van der Waals surface area contributed by atoms with Crippen molar-refractivity contribution in [1.82, 2.24) is 15.2 Å². The van der Waals surface area contributed by atoms with Gasteiger partial charge in [0.1, 0.15) is 22.3 Å². The molecule has 6 nitrogen and oxygen atoms in total.